The molecule has 114 valence electrons. The van der Waals surface area contributed by atoms with Gasteiger partial charge in [0.1, 0.15) is 17.4 Å². The summed E-state index contributed by atoms with van der Waals surface area (Å²) in [7, 11) is 0. The van der Waals surface area contributed by atoms with E-state index in [-0.39, 0.29) is 5.56 Å². The van der Waals surface area contributed by atoms with Crippen LogP contribution in [0.2, 0.25) is 0 Å². The van der Waals surface area contributed by atoms with Crippen molar-refractivity contribution in [3.05, 3.63) is 23.8 Å². The van der Waals surface area contributed by atoms with E-state index >= 15 is 0 Å². The molecule has 0 unspecified atom stereocenters. The molecule has 1 aromatic rings. The standard InChI is InChI=1S/C14H16F3N3O/c1-2-19-6-8-20(9-7-19)12-4-3-5-13(11(12)10-18)21-14(15,16)17/h3-5H,2,6-9H2,1H3. The van der Waals surface area contributed by atoms with Crippen LogP contribution < -0.4 is 9.64 Å². The number of alkyl halides is 3. The van der Waals surface area contributed by atoms with Crippen molar-refractivity contribution in [3.8, 4) is 11.8 Å². The largest absolute Gasteiger partial charge is 0.573 e. The second-order valence-corrected chi connectivity index (χ2v) is 4.73. The number of anilines is 1. The van der Waals surface area contributed by atoms with Crippen molar-refractivity contribution >= 4 is 5.69 Å². The summed E-state index contributed by atoms with van der Waals surface area (Å²) in [6.07, 6.45) is -4.80. The fourth-order valence-electron chi connectivity index (χ4n) is 2.41. The smallest absolute Gasteiger partial charge is 0.404 e. The third-order valence-corrected chi connectivity index (χ3v) is 3.50. The van der Waals surface area contributed by atoms with Crippen molar-refractivity contribution in [2.75, 3.05) is 37.6 Å². The summed E-state index contributed by atoms with van der Waals surface area (Å²) in [6.45, 7) is 6.01. The van der Waals surface area contributed by atoms with Crippen LogP contribution >= 0.6 is 0 Å². The van der Waals surface area contributed by atoms with E-state index in [1.54, 1.807) is 6.07 Å². The van der Waals surface area contributed by atoms with Crippen molar-refractivity contribution in [3.63, 3.8) is 0 Å². The number of halogens is 3. The molecule has 1 fully saturated rings. The average Bonchev–Trinajstić information content (AvgIpc) is 2.45. The lowest BCUT2D eigenvalue weighted by atomic mass is 10.1. The predicted octanol–water partition coefficient (Wildman–Crippen LogP) is 2.60. The molecule has 0 spiro atoms. The first kappa shape index (κ1) is 15.4. The molecule has 1 aromatic carbocycles. The molecule has 1 aliphatic heterocycles. The number of piperazine rings is 1. The van der Waals surface area contributed by atoms with Crippen LogP contribution in [-0.2, 0) is 0 Å². The van der Waals surface area contributed by atoms with Crippen LogP contribution in [0, 0.1) is 11.3 Å². The highest BCUT2D eigenvalue weighted by atomic mass is 19.4. The molecule has 1 aliphatic rings. The molecule has 0 aromatic heterocycles. The van der Waals surface area contributed by atoms with Crippen LogP contribution in [-0.4, -0.2) is 44.0 Å². The SMILES string of the molecule is CCN1CCN(c2cccc(OC(F)(F)F)c2C#N)CC1. The molecule has 0 aliphatic carbocycles. The molecular weight excluding hydrogens is 283 g/mol. The van der Waals surface area contributed by atoms with Crippen LogP contribution in [0.5, 0.6) is 5.75 Å². The molecule has 21 heavy (non-hydrogen) atoms. The molecule has 0 radical (unpaired) electrons. The van der Waals surface area contributed by atoms with Gasteiger partial charge in [-0.25, -0.2) is 0 Å². The van der Waals surface area contributed by atoms with Gasteiger partial charge in [0, 0.05) is 26.2 Å². The highest BCUT2D eigenvalue weighted by molar-refractivity contribution is 5.65. The quantitative estimate of drug-likeness (QED) is 0.860. The minimum absolute atomic E-state index is 0.0697. The van der Waals surface area contributed by atoms with Gasteiger partial charge in [0.25, 0.3) is 0 Å². The normalized spacial score (nSPS) is 16.6. The zero-order valence-electron chi connectivity index (χ0n) is 11.7. The molecule has 0 bridgehead atoms. The Kier molecular flexibility index (Phi) is 4.58. The van der Waals surface area contributed by atoms with Crippen LogP contribution in [0.15, 0.2) is 18.2 Å². The predicted molar refractivity (Wildman–Crippen MR) is 72.2 cm³/mol. The Bertz CT molecular complexity index is 531. The Hall–Kier alpha value is -1.94. The van der Waals surface area contributed by atoms with Gasteiger partial charge >= 0.3 is 6.36 Å². The summed E-state index contributed by atoms with van der Waals surface area (Å²) >= 11 is 0. The second-order valence-electron chi connectivity index (χ2n) is 4.73. The Labute approximate surface area is 121 Å². The first-order valence-corrected chi connectivity index (χ1v) is 6.70. The molecule has 0 atom stereocenters. The number of nitrogens with zero attached hydrogens (tertiary/aromatic N) is 3. The van der Waals surface area contributed by atoms with Crippen molar-refractivity contribution < 1.29 is 17.9 Å². The third kappa shape index (κ3) is 3.79. The average molecular weight is 299 g/mol. The summed E-state index contributed by atoms with van der Waals surface area (Å²) < 4.78 is 41.1. The van der Waals surface area contributed by atoms with E-state index in [2.05, 4.69) is 16.6 Å². The maximum atomic E-state index is 12.4. The fraction of sp³-hybridized carbons (Fsp3) is 0.500. The molecule has 0 N–H and O–H groups in total. The summed E-state index contributed by atoms with van der Waals surface area (Å²) in [5.41, 5.74) is 0.426. The van der Waals surface area contributed by atoms with Crippen LogP contribution in [0.3, 0.4) is 0 Å². The van der Waals surface area contributed by atoms with E-state index in [0.29, 0.717) is 18.8 Å². The molecular formula is C14H16F3N3O. The van der Waals surface area contributed by atoms with Gasteiger partial charge in [0.2, 0.25) is 0 Å². The number of hydrogen-bond donors (Lipinski definition) is 0. The zero-order valence-corrected chi connectivity index (χ0v) is 11.7. The number of nitriles is 1. The number of likely N-dealkylation sites (N-methyl/N-ethyl adjacent to an activating group) is 1. The first-order valence-electron chi connectivity index (χ1n) is 6.70. The summed E-state index contributed by atoms with van der Waals surface area (Å²) in [4.78, 5) is 4.17. The van der Waals surface area contributed by atoms with E-state index < -0.39 is 12.1 Å². The maximum absolute atomic E-state index is 12.4. The van der Waals surface area contributed by atoms with Gasteiger partial charge in [0.15, 0.2) is 0 Å². The highest BCUT2D eigenvalue weighted by Crippen LogP contribution is 2.32. The van der Waals surface area contributed by atoms with Gasteiger partial charge < -0.3 is 14.5 Å². The number of benzene rings is 1. The third-order valence-electron chi connectivity index (χ3n) is 3.50. The minimum atomic E-state index is -4.80. The lowest BCUT2D eigenvalue weighted by molar-refractivity contribution is -0.274. The molecule has 1 heterocycles. The molecule has 1 saturated heterocycles. The summed E-state index contributed by atoms with van der Waals surface area (Å²) in [6, 6.07) is 6.13. The van der Waals surface area contributed by atoms with E-state index in [1.807, 2.05) is 11.0 Å². The van der Waals surface area contributed by atoms with Gasteiger partial charge in [-0.2, -0.15) is 5.26 Å². The number of ether oxygens (including phenoxy) is 1. The van der Waals surface area contributed by atoms with Crippen molar-refractivity contribution in [1.29, 1.82) is 5.26 Å². The lowest BCUT2D eigenvalue weighted by Crippen LogP contribution is -2.46. The number of hydrogen-bond acceptors (Lipinski definition) is 4. The second kappa shape index (κ2) is 6.22. The fourth-order valence-corrected chi connectivity index (χ4v) is 2.41. The Morgan fingerprint density at radius 3 is 2.43 bits per heavy atom. The summed E-state index contributed by atoms with van der Waals surface area (Å²) in [5.74, 6) is -0.444. The molecule has 7 heteroatoms. The molecule has 0 saturated carbocycles. The highest BCUT2D eigenvalue weighted by Gasteiger charge is 2.33. The number of rotatable bonds is 3. The van der Waals surface area contributed by atoms with Crippen molar-refractivity contribution in [1.82, 2.24) is 4.90 Å². The Morgan fingerprint density at radius 2 is 1.90 bits per heavy atom. The monoisotopic (exact) mass is 299 g/mol. The lowest BCUT2D eigenvalue weighted by Gasteiger charge is -2.36. The molecule has 0 amide bonds. The van der Waals surface area contributed by atoms with Gasteiger partial charge in [-0.15, -0.1) is 13.2 Å². The topological polar surface area (TPSA) is 39.5 Å². The maximum Gasteiger partial charge on any atom is 0.573 e. The zero-order chi connectivity index (χ0) is 15.5. The Balaban J connectivity index is 2.24. The van der Waals surface area contributed by atoms with Gasteiger partial charge in [0.05, 0.1) is 5.69 Å². The van der Waals surface area contributed by atoms with E-state index in [9.17, 15) is 18.4 Å². The molecule has 4 nitrogen and oxygen atoms in total. The van der Waals surface area contributed by atoms with Crippen LogP contribution in [0.1, 0.15) is 12.5 Å². The van der Waals surface area contributed by atoms with Crippen LogP contribution in [0.4, 0.5) is 18.9 Å². The van der Waals surface area contributed by atoms with Crippen molar-refractivity contribution in [2.24, 2.45) is 0 Å². The summed E-state index contributed by atoms with van der Waals surface area (Å²) in [5, 5.41) is 9.19. The molecule has 2 rings (SSSR count). The van der Waals surface area contributed by atoms with Crippen LogP contribution in [0.25, 0.3) is 0 Å². The van der Waals surface area contributed by atoms with E-state index in [1.165, 1.54) is 6.07 Å². The first-order chi connectivity index (χ1) is 9.94. The van der Waals surface area contributed by atoms with E-state index in [0.717, 1.165) is 25.7 Å². The van der Waals surface area contributed by atoms with Gasteiger partial charge in [-0.3, -0.25) is 0 Å². The van der Waals surface area contributed by atoms with E-state index in [4.69, 9.17) is 0 Å². The van der Waals surface area contributed by atoms with Gasteiger partial charge in [-0.1, -0.05) is 13.0 Å². The minimum Gasteiger partial charge on any atom is -0.404 e. The Morgan fingerprint density at radius 1 is 1.24 bits per heavy atom. The van der Waals surface area contributed by atoms with Crippen molar-refractivity contribution in [2.45, 2.75) is 13.3 Å². The van der Waals surface area contributed by atoms with Gasteiger partial charge in [-0.05, 0) is 18.7 Å².